The van der Waals surface area contributed by atoms with Crippen LogP contribution in [0.5, 0.6) is 5.75 Å². The van der Waals surface area contributed by atoms with Crippen molar-refractivity contribution in [3.05, 3.63) is 87.1 Å². The molecule has 4 rings (SSSR count). The van der Waals surface area contributed by atoms with Crippen molar-refractivity contribution >= 4 is 34.5 Å². The van der Waals surface area contributed by atoms with E-state index >= 15 is 0 Å². The molecule has 0 aliphatic carbocycles. The zero-order valence-corrected chi connectivity index (χ0v) is 17.7. The predicted molar refractivity (Wildman–Crippen MR) is 118 cm³/mol. The van der Waals surface area contributed by atoms with E-state index in [0.29, 0.717) is 17.0 Å². The molecule has 1 unspecified atom stereocenters. The maximum absolute atomic E-state index is 13.1. The lowest BCUT2D eigenvalue weighted by atomic mass is 9.99. The van der Waals surface area contributed by atoms with Crippen LogP contribution in [0.25, 0.3) is 5.76 Å². The highest BCUT2D eigenvalue weighted by atomic mass is 32.1. The quantitative estimate of drug-likeness (QED) is 0.367. The summed E-state index contributed by atoms with van der Waals surface area (Å²) < 4.78 is 5.24. The first-order valence-electron chi connectivity index (χ1n) is 9.48. The minimum atomic E-state index is -0.700. The number of Topliss-reactive ketones (excluding diaryl/α,β-unsaturated/α-hetero) is 1. The third-order valence-electron chi connectivity index (χ3n) is 5.21. The number of rotatable bonds is 4. The molecule has 1 aliphatic rings. The SMILES string of the molecule is COc1cccc(/C(O)=C2/C(=O)C(=O)N(c3ccc(C)cc3C)C2c2cccs2)c1. The van der Waals surface area contributed by atoms with E-state index in [0.717, 1.165) is 16.0 Å². The molecule has 0 bridgehead atoms. The van der Waals surface area contributed by atoms with Gasteiger partial charge in [0, 0.05) is 16.1 Å². The van der Waals surface area contributed by atoms with Crippen LogP contribution in [0.15, 0.2) is 65.6 Å². The fourth-order valence-electron chi connectivity index (χ4n) is 3.80. The molecule has 5 nitrogen and oxygen atoms in total. The van der Waals surface area contributed by atoms with E-state index < -0.39 is 17.7 Å². The summed E-state index contributed by atoms with van der Waals surface area (Å²) >= 11 is 1.44. The molecule has 1 amide bonds. The number of thiophene rings is 1. The van der Waals surface area contributed by atoms with Gasteiger partial charge in [-0.05, 0) is 49.1 Å². The Balaban J connectivity index is 1.94. The maximum Gasteiger partial charge on any atom is 0.300 e. The number of aryl methyl sites for hydroxylation is 2. The Bertz CT molecular complexity index is 1160. The average Bonchev–Trinajstić information content (AvgIpc) is 3.35. The predicted octanol–water partition coefficient (Wildman–Crippen LogP) is 5.00. The van der Waals surface area contributed by atoms with Crippen LogP contribution in [0, 0.1) is 13.8 Å². The number of aliphatic hydroxyl groups is 1. The summed E-state index contributed by atoms with van der Waals surface area (Å²) in [6.07, 6.45) is 0. The van der Waals surface area contributed by atoms with Gasteiger partial charge >= 0.3 is 0 Å². The van der Waals surface area contributed by atoms with Gasteiger partial charge < -0.3 is 9.84 Å². The lowest BCUT2D eigenvalue weighted by Crippen LogP contribution is -2.29. The molecular formula is C24H21NO4S. The Hall–Kier alpha value is -3.38. The highest BCUT2D eigenvalue weighted by Gasteiger charge is 2.47. The van der Waals surface area contributed by atoms with E-state index in [9.17, 15) is 14.7 Å². The lowest BCUT2D eigenvalue weighted by Gasteiger charge is -2.26. The summed E-state index contributed by atoms with van der Waals surface area (Å²) in [6, 6.07) is 15.6. The fraction of sp³-hybridized carbons (Fsp3) is 0.167. The second-order valence-corrected chi connectivity index (χ2v) is 8.19. The van der Waals surface area contributed by atoms with Crippen molar-refractivity contribution in [2.24, 2.45) is 0 Å². The number of nitrogens with zero attached hydrogens (tertiary/aromatic N) is 1. The number of ether oxygens (including phenoxy) is 1. The van der Waals surface area contributed by atoms with Crippen LogP contribution in [0.3, 0.4) is 0 Å². The van der Waals surface area contributed by atoms with Crippen LogP contribution in [0.4, 0.5) is 5.69 Å². The summed E-state index contributed by atoms with van der Waals surface area (Å²) in [7, 11) is 1.53. The molecule has 1 N–H and O–H groups in total. The molecule has 1 aliphatic heterocycles. The number of aliphatic hydroxyl groups excluding tert-OH is 1. The van der Waals surface area contributed by atoms with Gasteiger partial charge in [0.2, 0.25) is 0 Å². The van der Waals surface area contributed by atoms with Gasteiger partial charge in [-0.25, -0.2) is 0 Å². The first-order chi connectivity index (χ1) is 14.4. The van der Waals surface area contributed by atoms with Crippen molar-refractivity contribution in [1.82, 2.24) is 0 Å². The number of hydrogen-bond acceptors (Lipinski definition) is 5. The zero-order valence-electron chi connectivity index (χ0n) is 16.9. The summed E-state index contributed by atoms with van der Waals surface area (Å²) in [5.41, 5.74) is 3.12. The van der Waals surface area contributed by atoms with E-state index in [2.05, 4.69) is 0 Å². The molecule has 1 aromatic heterocycles. The van der Waals surface area contributed by atoms with Gasteiger partial charge in [-0.1, -0.05) is 35.9 Å². The van der Waals surface area contributed by atoms with Crippen molar-refractivity contribution in [2.45, 2.75) is 19.9 Å². The number of methoxy groups -OCH3 is 1. The van der Waals surface area contributed by atoms with Gasteiger partial charge in [0.25, 0.3) is 11.7 Å². The van der Waals surface area contributed by atoms with Crippen LogP contribution in [0.1, 0.15) is 27.6 Å². The normalized spacial score (nSPS) is 18.1. The van der Waals surface area contributed by atoms with E-state index in [4.69, 9.17) is 4.74 Å². The topological polar surface area (TPSA) is 66.8 Å². The number of ketones is 1. The molecule has 6 heteroatoms. The second kappa shape index (κ2) is 7.80. The first kappa shape index (κ1) is 19.9. The Labute approximate surface area is 178 Å². The third-order valence-corrected chi connectivity index (χ3v) is 6.14. The van der Waals surface area contributed by atoms with Crippen LogP contribution >= 0.6 is 11.3 Å². The standard InChI is InChI=1S/C24H21NO4S/c1-14-9-10-18(15(2)12-14)25-21(19-8-5-11-30-19)20(23(27)24(25)28)22(26)16-6-4-7-17(13-16)29-3/h4-13,21,26H,1-3H3/b22-20-. The van der Waals surface area contributed by atoms with E-state index in [1.165, 1.54) is 23.3 Å². The number of carbonyl (C=O) groups is 2. The van der Waals surface area contributed by atoms with Gasteiger partial charge in [-0.2, -0.15) is 0 Å². The number of benzene rings is 2. The van der Waals surface area contributed by atoms with Gasteiger partial charge in [0.15, 0.2) is 0 Å². The fourth-order valence-corrected chi connectivity index (χ4v) is 4.62. The molecule has 152 valence electrons. The number of anilines is 1. The smallest absolute Gasteiger partial charge is 0.300 e. The lowest BCUT2D eigenvalue weighted by molar-refractivity contribution is -0.132. The second-order valence-electron chi connectivity index (χ2n) is 7.21. The minimum Gasteiger partial charge on any atom is -0.507 e. The van der Waals surface area contributed by atoms with Crippen LogP contribution in [-0.2, 0) is 9.59 Å². The Morgan fingerprint density at radius 3 is 2.53 bits per heavy atom. The molecule has 1 fully saturated rings. The average molecular weight is 420 g/mol. The van der Waals surface area contributed by atoms with Crippen LogP contribution in [-0.4, -0.2) is 23.9 Å². The van der Waals surface area contributed by atoms with E-state index in [-0.39, 0.29) is 11.3 Å². The molecular weight excluding hydrogens is 398 g/mol. The number of hydrogen-bond donors (Lipinski definition) is 1. The van der Waals surface area contributed by atoms with Gasteiger partial charge in [0.05, 0.1) is 12.7 Å². The highest BCUT2D eigenvalue weighted by molar-refractivity contribution is 7.10. The Kier molecular flexibility index (Phi) is 5.18. The van der Waals surface area contributed by atoms with Gasteiger partial charge in [-0.3, -0.25) is 14.5 Å². The van der Waals surface area contributed by atoms with Crippen molar-refractivity contribution in [2.75, 3.05) is 12.0 Å². The molecule has 1 atom stereocenters. The molecule has 1 saturated heterocycles. The molecule has 2 aromatic carbocycles. The van der Waals surface area contributed by atoms with Crippen molar-refractivity contribution in [3.63, 3.8) is 0 Å². The van der Waals surface area contributed by atoms with Crippen LogP contribution < -0.4 is 9.64 Å². The van der Waals surface area contributed by atoms with Gasteiger partial charge in [-0.15, -0.1) is 11.3 Å². The van der Waals surface area contributed by atoms with E-state index in [1.807, 2.05) is 49.6 Å². The van der Waals surface area contributed by atoms with Crippen molar-refractivity contribution < 1.29 is 19.4 Å². The highest BCUT2D eigenvalue weighted by Crippen LogP contribution is 2.44. The zero-order chi connectivity index (χ0) is 21.4. The van der Waals surface area contributed by atoms with Gasteiger partial charge in [0.1, 0.15) is 17.6 Å². The Morgan fingerprint density at radius 2 is 1.87 bits per heavy atom. The molecule has 30 heavy (non-hydrogen) atoms. The number of amides is 1. The molecule has 0 spiro atoms. The Morgan fingerprint density at radius 1 is 1.07 bits per heavy atom. The molecule has 0 saturated carbocycles. The van der Waals surface area contributed by atoms with Crippen molar-refractivity contribution in [1.29, 1.82) is 0 Å². The van der Waals surface area contributed by atoms with Crippen molar-refractivity contribution in [3.8, 4) is 5.75 Å². The largest absolute Gasteiger partial charge is 0.507 e. The van der Waals surface area contributed by atoms with E-state index in [1.54, 1.807) is 24.3 Å². The first-order valence-corrected chi connectivity index (χ1v) is 10.4. The summed E-state index contributed by atoms with van der Waals surface area (Å²) in [6.45, 7) is 3.89. The minimum absolute atomic E-state index is 0.0793. The van der Waals surface area contributed by atoms with Crippen LogP contribution in [0.2, 0.25) is 0 Å². The monoisotopic (exact) mass is 419 g/mol. The summed E-state index contributed by atoms with van der Waals surface area (Å²) in [5.74, 6) is -1.01. The number of carbonyl (C=O) groups excluding carboxylic acids is 2. The molecule has 0 radical (unpaired) electrons. The molecule has 3 aromatic rings. The maximum atomic E-state index is 13.1. The summed E-state index contributed by atoms with van der Waals surface area (Å²) in [5, 5.41) is 13.0. The summed E-state index contributed by atoms with van der Waals surface area (Å²) in [4.78, 5) is 28.5. The molecule has 2 heterocycles. The third kappa shape index (κ3) is 3.29.